The van der Waals surface area contributed by atoms with E-state index in [2.05, 4.69) is 40.0 Å². The fourth-order valence-electron chi connectivity index (χ4n) is 4.34. The molecule has 0 spiro atoms. The topological polar surface area (TPSA) is 71.3 Å². The van der Waals surface area contributed by atoms with Gasteiger partial charge in [-0.15, -0.1) is 5.10 Å². The number of hydrogen-bond donors (Lipinski definition) is 2. The van der Waals surface area contributed by atoms with E-state index in [1.54, 1.807) is 17.8 Å². The van der Waals surface area contributed by atoms with Gasteiger partial charge in [0.2, 0.25) is 5.95 Å². The number of nitrogens with one attached hydrogen (secondary N) is 2. The Morgan fingerprint density at radius 2 is 1.81 bits per heavy atom. The van der Waals surface area contributed by atoms with E-state index < -0.39 is 7.14 Å². The van der Waals surface area contributed by atoms with Gasteiger partial charge in [0, 0.05) is 22.8 Å². The molecule has 0 bridgehead atoms. The third kappa shape index (κ3) is 4.34. The average molecular weight is 446 g/mol. The van der Waals surface area contributed by atoms with Crippen LogP contribution in [0, 0.1) is 0 Å². The van der Waals surface area contributed by atoms with E-state index >= 15 is 0 Å². The third-order valence-electron chi connectivity index (χ3n) is 6.12. The summed E-state index contributed by atoms with van der Waals surface area (Å²) in [5.74, 6) is 1.17. The molecule has 0 radical (unpaired) electrons. The molecule has 2 aromatic heterocycles. The van der Waals surface area contributed by atoms with E-state index in [4.69, 9.17) is 4.98 Å². The summed E-state index contributed by atoms with van der Waals surface area (Å²) in [6.07, 6.45) is 4.25. The molecule has 3 heterocycles. The van der Waals surface area contributed by atoms with Crippen molar-refractivity contribution in [1.29, 1.82) is 0 Å². The molecule has 1 saturated heterocycles. The van der Waals surface area contributed by atoms with Crippen LogP contribution in [0.5, 0.6) is 0 Å². The standard InChI is InChI=1S/C25H28N5OP/c1-32(2,31)22-10-8-19(9-11-22)23-7-4-16-30-24(23)28-25(29-30)27-21-6-3-5-20(17-21)18-12-14-26-15-13-18/h3-11,16-18,26H,12-15H2,1-2H3,(H,27,29). The van der Waals surface area contributed by atoms with Crippen LogP contribution in [0.15, 0.2) is 66.9 Å². The monoisotopic (exact) mass is 445 g/mol. The van der Waals surface area contributed by atoms with Crippen LogP contribution in [0.1, 0.15) is 24.3 Å². The normalized spacial score (nSPS) is 15.2. The van der Waals surface area contributed by atoms with Gasteiger partial charge < -0.3 is 15.2 Å². The molecule has 0 unspecified atom stereocenters. The number of pyridine rings is 1. The first-order chi connectivity index (χ1) is 15.5. The molecular weight excluding hydrogens is 417 g/mol. The van der Waals surface area contributed by atoms with Crippen LogP contribution < -0.4 is 15.9 Å². The maximum absolute atomic E-state index is 12.3. The van der Waals surface area contributed by atoms with Crippen LogP contribution in [-0.2, 0) is 4.57 Å². The summed E-state index contributed by atoms with van der Waals surface area (Å²) in [7, 11) is -2.27. The number of hydrogen-bond acceptors (Lipinski definition) is 5. The molecular formula is C25H28N5OP. The zero-order valence-corrected chi connectivity index (χ0v) is 19.3. The van der Waals surface area contributed by atoms with Crippen LogP contribution in [0.25, 0.3) is 16.8 Å². The second-order valence-corrected chi connectivity index (χ2v) is 12.0. The molecule has 0 amide bonds. The largest absolute Gasteiger partial charge is 0.323 e. The van der Waals surface area contributed by atoms with E-state index in [1.165, 1.54) is 18.4 Å². The van der Waals surface area contributed by atoms with Crippen LogP contribution in [0.3, 0.4) is 0 Å². The number of benzene rings is 2. The van der Waals surface area contributed by atoms with Gasteiger partial charge in [-0.05, 0) is 80.6 Å². The molecule has 5 rings (SSSR count). The number of rotatable bonds is 5. The molecule has 4 aromatic rings. The quantitative estimate of drug-likeness (QED) is 0.430. The van der Waals surface area contributed by atoms with Gasteiger partial charge in [0.15, 0.2) is 5.65 Å². The van der Waals surface area contributed by atoms with Crippen molar-refractivity contribution in [3.8, 4) is 11.1 Å². The molecule has 2 aromatic carbocycles. The van der Waals surface area contributed by atoms with Crippen molar-refractivity contribution in [1.82, 2.24) is 19.9 Å². The summed E-state index contributed by atoms with van der Waals surface area (Å²) < 4.78 is 14.1. The molecule has 2 N–H and O–H groups in total. The predicted octanol–water partition coefficient (Wildman–Crippen LogP) is 4.85. The van der Waals surface area contributed by atoms with E-state index in [-0.39, 0.29) is 0 Å². The zero-order valence-electron chi connectivity index (χ0n) is 18.5. The molecule has 0 saturated carbocycles. The first-order valence-electron chi connectivity index (χ1n) is 11.1. The number of piperidine rings is 1. The van der Waals surface area contributed by atoms with Crippen LogP contribution >= 0.6 is 7.14 Å². The molecule has 32 heavy (non-hydrogen) atoms. The van der Waals surface area contributed by atoms with Gasteiger partial charge >= 0.3 is 0 Å². The summed E-state index contributed by atoms with van der Waals surface area (Å²) in [4.78, 5) is 4.77. The van der Waals surface area contributed by atoms with Crippen molar-refractivity contribution >= 4 is 29.7 Å². The molecule has 7 heteroatoms. The van der Waals surface area contributed by atoms with Crippen molar-refractivity contribution < 1.29 is 4.57 Å². The predicted molar refractivity (Wildman–Crippen MR) is 132 cm³/mol. The summed E-state index contributed by atoms with van der Waals surface area (Å²) in [6, 6.07) is 20.5. The Hall–Kier alpha value is -2.95. The minimum absolute atomic E-state index is 0.572. The van der Waals surface area contributed by atoms with Crippen molar-refractivity contribution in [3.63, 3.8) is 0 Å². The maximum atomic E-state index is 12.3. The van der Waals surface area contributed by atoms with Crippen molar-refractivity contribution in [3.05, 3.63) is 72.4 Å². The fraction of sp³-hybridized carbons (Fsp3) is 0.280. The van der Waals surface area contributed by atoms with E-state index in [9.17, 15) is 4.57 Å². The summed E-state index contributed by atoms with van der Waals surface area (Å²) in [5, 5.41) is 12.3. The Kier molecular flexibility index (Phi) is 5.58. The number of aromatic nitrogens is 3. The van der Waals surface area contributed by atoms with Crippen LogP contribution in [-0.4, -0.2) is 41.0 Å². The van der Waals surface area contributed by atoms with Crippen LogP contribution in [0.4, 0.5) is 11.6 Å². The Labute approximate surface area is 188 Å². The lowest BCUT2D eigenvalue weighted by Gasteiger charge is -2.23. The van der Waals surface area contributed by atoms with Crippen LogP contribution in [0.2, 0.25) is 0 Å². The average Bonchev–Trinajstić information content (AvgIpc) is 3.22. The van der Waals surface area contributed by atoms with E-state index in [0.29, 0.717) is 11.9 Å². The molecule has 1 aliphatic heterocycles. The molecule has 1 fully saturated rings. The SMILES string of the molecule is CP(C)(=O)c1ccc(-c2cccn3nc(Nc4cccc(C5CCNCC5)c4)nc23)cc1. The zero-order chi connectivity index (χ0) is 22.1. The highest BCUT2D eigenvalue weighted by molar-refractivity contribution is 7.70. The number of nitrogens with zero attached hydrogens (tertiary/aromatic N) is 3. The van der Waals surface area contributed by atoms with Gasteiger partial charge in [-0.3, -0.25) is 0 Å². The summed E-state index contributed by atoms with van der Waals surface area (Å²) in [5.41, 5.74) is 5.17. The first kappa shape index (κ1) is 20.9. The third-order valence-corrected chi connectivity index (χ3v) is 7.66. The van der Waals surface area contributed by atoms with E-state index in [1.807, 2.05) is 42.6 Å². The van der Waals surface area contributed by atoms with Crippen molar-refractivity contribution in [2.45, 2.75) is 18.8 Å². The highest BCUT2D eigenvalue weighted by Gasteiger charge is 2.16. The second-order valence-electron chi connectivity index (χ2n) is 8.80. The Balaban J connectivity index is 1.43. The number of anilines is 2. The lowest BCUT2D eigenvalue weighted by Crippen LogP contribution is -2.26. The smallest absolute Gasteiger partial charge is 0.247 e. The number of fused-ring (bicyclic) bond motifs is 1. The van der Waals surface area contributed by atoms with E-state index in [0.717, 1.165) is 40.9 Å². The lowest BCUT2D eigenvalue weighted by atomic mass is 9.90. The van der Waals surface area contributed by atoms with Gasteiger partial charge in [0.25, 0.3) is 0 Å². The van der Waals surface area contributed by atoms with Crippen molar-refractivity contribution in [2.24, 2.45) is 0 Å². The lowest BCUT2D eigenvalue weighted by molar-refractivity contribution is 0.460. The van der Waals surface area contributed by atoms with Gasteiger partial charge in [0.05, 0.1) is 0 Å². The maximum Gasteiger partial charge on any atom is 0.247 e. The second kappa shape index (κ2) is 8.53. The van der Waals surface area contributed by atoms with Gasteiger partial charge in [-0.1, -0.05) is 36.4 Å². The van der Waals surface area contributed by atoms with Gasteiger partial charge in [0.1, 0.15) is 7.14 Å². The highest BCUT2D eigenvalue weighted by Crippen LogP contribution is 2.35. The van der Waals surface area contributed by atoms with Gasteiger partial charge in [-0.2, -0.15) is 4.98 Å². The molecule has 6 nitrogen and oxygen atoms in total. The summed E-state index contributed by atoms with van der Waals surface area (Å²) in [6.45, 7) is 5.74. The Morgan fingerprint density at radius 3 is 2.56 bits per heavy atom. The molecule has 164 valence electrons. The summed E-state index contributed by atoms with van der Waals surface area (Å²) >= 11 is 0. The minimum Gasteiger partial charge on any atom is -0.323 e. The Morgan fingerprint density at radius 1 is 1.03 bits per heavy atom. The van der Waals surface area contributed by atoms with Crippen molar-refractivity contribution in [2.75, 3.05) is 31.7 Å². The Bertz CT molecular complexity index is 1290. The minimum atomic E-state index is -2.27. The molecule has 0 aliphatic carbocycles. The molecule has 1 aliphatic rings. The highest BCUT2D eigenvalue weighted by atomic mass is 31.2. The van der Waals surface area contributed by atoms with Gasteiger partial charge in [-0.25, -0.2) is 4.52 Å². The fourth-order valence-corrected chi connectivity index (χ4v) is 5.21. The first-order valence-corrected chi connectivity index (χ1v) is 13.7. The molecule has 0 atom stereocenters.